The molecule has 0 aliphatic heterocycles. The average Bonchev–Trinajstić information content (AvgIpc) is 2.19. The number of hydrogen-bond donors (Lipinski definition) is 0. The summed E-state index contributed by atoms with van der Waals surface area (Å²) >= 11 is 0. The van der Waals surface area contributed by atoms with E-state index in [1.165, 1.54) is 22.3 Å². The van der Waals surface area contributed by atoms with Crippen molar-refractivity contribution in [2.75, 3.05) is 0 Å². The van der Waals surface area contributed by atoms with Gasteiger partial charge in [-0.1, -0.05) is 43.9 Å². The Labute approximate surface area is 87.0 Å². The highest BCUT2D eigenvalue weighted by molar-refractivity contribution is 5.73. The molecule has 0 heteroatoms. The first kappa shape index (κ1) is 10.8. The molecule has 0 bridgehead atoms. The molecule has 0 unspecified atom stereocenters. The lowest BCUT2D eigenvalue weighted by Crippen LogP contribution is -1.85. The summed E-state index contributed by atoms with van der Waals surface area (Å²) in [6, 6.07) is 6.54. The lowest BCUT2D eigenvalue weighted by molar-refractivity contribution is 1.22. The second kappa shape index (κ2) is 4.80. The Kier molecular flexibility index (Phi) is 3.70. The van der Waals surface area contributed by atoms with Gasteiger partial charge in [0.05, 0.1) is 0 Å². The van der Waals surface area contributed by atoms with Gasteiger partial charge < -0.3 is 0 Å². The van der Waals surface area contributed by atoms with E-state index in [1.54, 1.807) is 0 Å². The minimum absolute atomic E-state index is 1.05. The first-order valence-electron chi connectivity index (χ1n) is 5.09. The molecule has 74 valence electrons. The zero-order valence-corrected chi connectivity index (χ0v) is 9.30. The van der Waals surface area contributed by atoms with Crippen LogP contribution in [0.3, 0.4) is 0 Å². The second-order valence-corrected chi connectivity index (χ2v) is 3.57. The maximum atomic E-state index is 3.84. The molecule has 0 radical (unpaired) electrons. The van der Waals surface area contributed by atoms with Crippen LogP contribution in [0.25, 0.3) is 5.57 Å². The Morgan fingerprint density at radius 2 is 2.00 bits per heavy atom. The van der Waals surface area contributed by atoms with Gasteiger partial charge >= 0.3 is 0 Å². The topological polar surface area (TPSA) is 0 Å². The van der Waals surface area contributed by atoms with E-state index in [1.807, 2.05) is 6.08 Å². The van der Waals surface area contributed by atoms with Crippen molar-refractivity contribution in [3.05, 3.63) is 53.6 Å². The van der Waals surface area contributed by atoms with Crippen molar-refractivity contribution in [2.45, 2.75) is 27.2 Å². The number of benzene rings is 1. The molecule has 0 saturated carbocycles. The van der Waals surface area contributed by atoms with Gasteiger partial charge in [-0.25, -0.2) is 0 Å². The summed E-state index contributed by atoms with van der Waals surface area (Å²) in [5.74, 6) is 0. The second-order valence-electron chi connectivity index (χ2n) is 3.57. The van der Waals surface area contributed by atoms with Gasteiger partial charge in [0.15, 0.2) is 0 Å². The number of aryl methyl sites for hydroxylation is 2. The number of hydrogen-bond acceptors (Lipinski definition) is 0. The molecule has 0 aromatic heterocycles. The van der Waals surface area contributed by atoms with Crippen LogP contribution < -0.4 is 0 Å². The fourth-order valence-electron chi connectivity index (χ4n) is 1.46. The zero-order valence-electron chi connectivity index (χ0n) is 9.30. The van der Waals surface area contributed by atoms with Crippen LogP contribution in [-0.4, -0.2) is 0 Å². The quantitative estimate of drug-likeness (QED) is 0.618. The summed E-state index contributed by atoms with van der Waals surface area (Å²) in [5.41, 5.74) is 5.18. The molecule has 0 amide bonds. The lowest BCUT2D eigenvalue weighted by Gasteiger charge is -2.05. The molecule has 14 heavy (non-hydrogen) atoms. The highest BCUT2D eigenvalue weighted by atomic mass is 14.0. The Hall–Kier alpha value is -1.30. The molecule has 0 aliphatic rings. The van der Waals surface area contributed by atoms with Crippen LogP contribution in [0.15, 0.2) is 36.9 Å². The number of rotatable bonds is 3. The summed E-state index contributed by atoms with van der Waals surface area (Å²) in [6.07, 6.45) is 5.18. The highest BCUT2D eigenvalue weighted by Gasteiger charge is 1.98. The minimum atomic E-state index is 1.05. The molecule has 0 spiro atoms. The van der Waals surface area contributed by atoms with Crippen LogP contribution in [0.5, 0.6) is 0 Å². The van der Waals surface area contributed by atoms with E-state index < -0.39 is 0 Å². The Bertz CT molecular complexity index is 356. The van der Waals surface area contributed by atoms with Gasteiger partial charge in [-0.3, -0.25) is 0 Å². The molecular formula is C14H18. The minimum Gasteiger partial charge on any atom is -0.0985 e. The largest absolute Gasteiger partial charge is 0.0985 e. The first-order chi connectivity index (χ1) is 6.69. The Morgan fingerprint density at radius 1 is 1.29 bits per heavy atom. The average molecular weight is 186 g/mol. The van der Waals surface area contributed by atoms with Crippen molar-refractivity contribution in [2.24, 2.45) is 0 Å². The lowest BCUT2D eigenvalue weighted by atomic mass is 10.00. The molecule has 1 rings (SSSR count). The van der Waals surface area contributed by atoms with Crippen molar-refractivity contribution >= 4 is 5.57 Å². The van der Waals surface area contributed by atoms with Crippen molar-refractivity contribution in [1.29, 1.82) is 0 Å². The molecule has 0 fully saturated rings. The van der Waals surface area contributed by atoms with Crippen molar-refractivity contribution in [3.63, 3.8) is 0 Å². The number of allylic oxidation sites excluding steroid dienone is 3. The van der Waals surface area contributed by atoms with Gasteiger partial charge in [0.1, 0.15) is 0 Å². The molecular weight excluding hydrogens is 168 g/mol. The van der Waals surface area contributed by atoms with Crippen LogP contribution in [0.1, 0.15) is 30.0 Å². The maximum Gasteiger partial charge on any atom is -0.0185 e. The molecule has 0 saturated heterocycles. The molecule has 0 heterocycles. The van der Waals surface area contributed by atoms with Crippen molar-refractivity contribution in [3.8, 4) is 0 Å². The molecule has 0 atom stereocenters. The van der Waals surface area contributed by atoms with Gasteiger partial charge in [0.25, 0.3) is 0 Å². The zero-order chi connectivity index (χ0) is 10.6. The molecule has 1 aromatic carbocycles. The van der Waals surface area contributed by atoms with Crippen LogP contribution in [-0.2, 0) is 0 Å². The standard InChI is InChI=1S/C14H18/c1-5-7-13(6-2)14-9-8-11(3)12(4)10-14/h6-10H,2,5H2,1,3-4H3/b13-7+. The normalized spacial score (nSPS) is 11.5. The third kappa shape index (κ3) is 2.35. The highest BCUT2D eigenvalue weighted by Crippen LogP contribution is 2.19. The van der Waals surface area contributed by atoms with Gasteiger partial charge in [0.2, 0.25) is 0 Å². The summed E-state index contributed by atoms with van der Waals surface area (Å²) in [5, 5.41) is 0. The monoisotopic (exact) mass is 186 g/mol. The van der Waals surface area contributed by atoms with E-state index in [4.69, 9.17) is 0 Å². The summed E-state index contributed by atoms with van der Waals surface area (Å²) in [6.45, 7) is 10.3. The van der Waals surface area contributed by atoms with E-state index in [2.05, 4.69) is 51.6 Å². The van der Waals surface area contributed by atoms with Crippen LogP contribution in [0.4, 0.5) is 0 Å². The maximum absolute atomic E-state index is 3.84. The third-order valence-corrected chi connectivity index (χ3v) is 2.48. The van der Waals surface area contributed by atoms with Gasteiger partial charge in [-0.2, -0.15) is 0 Å². The van der Waals surface area contributed by atoms with Crippen LogP contribution >= 0.6 is 0 Å². The predicted molar refractivity (Wildman–Crippen MR) is 64.4 cm³/mol. The molecule has 1 aromatic rings. The van der Waals surface area contributed by atoms with Crippen molar-refractivity contribution in [1.82, 2.24) is 0 Å². The van der Waals surface area contributed by atoms with E-state index in [9.17, 15) is 0 Å². The SMILES string of the molecule is C=C/C(=C\CC)c1ccc(C)c(C)c1. The Morgan fingerprint density at radius 3 is 2.50 bits per heavy atom. The first-order valence-corrected chi connectivity index (χ1v) is 5.09. The Balaban J connectivity index is 3.12. The third-order valence-electron chi connectivity index (χ3n) is 2.48. The summed E-state index contributed by atoms with van der Waals surface area (Å²) < 4.78 is 0. The van der Waals surface area contributed by atoms with Crippen LogP contribution in [0, 0.1) is 13.8 Å². The van der Waals surface area contributed by atoms with E-state index in [-0.39, 0.29) is 0 Å². The van der Waals surface area contributed by atoms with E-state index in [0.29, 0.717) is 0 Å². The summed E-state index contributed by atoms with van der Waals surface area (Å²) in [4.78, 5) is 0. The fourth-order valence-corrected chi connectivity index (χ4v) is 1.46. The van der Waals surface area contributed by atoms with Gasteiger partial charge in [-0.05, 0) is 42.5 Å². The molecule has 0 N–H and O–H groups in total. The summed E-state index contributed by atoms with van der Waals surface area (Å²) in [7, 11) is 0. The van der Waals surface area contributed by atoms with Gasteiger partial charge in [0, 0.05) is 0 Å². The molecule has 0 aliphatic carbocycles. The van der Waals surface area contributed by atoms with E-state index >= 15 is 0 Å². The van der Waals surface area contributed by atoms with E-state index in [0.717, 1.165) is 6.42 Å². The van der Waals surface area contributed by atoms with Gasteiger partial charge in [-0.15, -0.1) is 0 Å². The van der Waals surface area contributed by atoms with Crippen LogP contribution in [0.2, 0.25) is 0 Å². The fraction of sp³-hybridized carbons (Fsp3) is 0.286. The predicted octanol–water partition coefficient (Wildman–Crippen LogP) is 4.28. The smallest absolute Gasteiger partial charge is 0.0185 e. The molecule has 0 nitrogen and oxygen atoms in total. The van der Waals surface area contributed by atoms with Crippen molar-refractivity contribution < 1.29 is 0 Å².